The average Bonchev–Trinajstić information content (AvgIpc) is 3.45. The molecule has 1 atom stereocenters. The first kappa shape index (κ1) is 26.0. The largest absolute Gasteiger partial charge is 0.478 e. The second-order valence-corrected chi connectivity index (χ2v) is 10.8. The van der Waals surface area contributed by atoms with E-state index in [2.05, 4.69) is 29.8 Å². The van der Waals surface area contributed by atoms with E-state index in [0.717, 1.165) is 55.4 Å². The summed E-state index contributed by atoms with van der Waals surface area (Å²) in [6.45, 7) is 8.00. The predicted octanol–water partition coefficient (Wildman–Crippen LogP) is 6.49. The van der Waals surface area contributed by atoms with E-state index in [4.69, 9.17) is 39.5 Å². The van der Waals surface area contributed by atoms with E-state index >= 15 is 0 Å². The molecule has 1 amide bonds. The number of epoxide rings is 1. The van der Waals surface area contributed by atoms with Crippen molar-refractivity contribution in [2.75, 3.05) is 37.6 Å². The SMILES string of the molecule is CC1(C)O/C1=C/N1CCCCC1C(=O)N1CCN(c2ccc(Cl)cc2Cl)CC1.Clc1ccccc1. The minimum absolute atomic E-state index is 0.0769. The van der Waals surface area contributed by atoms with Crippen LogP contribution in [0.2, 0.25) is 15.1 Å². The first-order valence-corrected chi connectivity index (χ1v) is 13.2. The van der Waals surface area contributed by atoms with Gasteiger partial charge in [0.1, 0.15) is 6.04 Å². The van der Waals surface area contributed by atoms with E-state index in [9.17, 15) is 4.79 Å². The smallest absolute Gasteiger partial charge is 0.245 e. The van der Waals surface area contributed by atoms with Gasteiger partial charge in [0.25, 0.3) is 0 Å². The number of likely N-dealkylation sites (tertiary alicyclic amines) is 1. The quantitative estimate of drug-likeness (QED) is 0.421. The van der Waals surface area contributed by atoms with Gasteiger partial charge in [0, 0.05) is 49.0 Å². The lowest BCUT2D eigenvalue weighted by Crippen LogP contribution is -2.55. The number of carbonyl (C=O) groups is 1. The Bertz CT molecular complexity index is 1050. The summed E-state index contributed by atoms with van der Waals surface area (Å²) in [6.07, 6.45) is 5.19. The molecule has 3 saturated heterocycles. The summed E-state index contributed by atoms with van der Waals surface area (Å²) >= 11 is 17.9. The Balaban J connectivity index is 0.000000356. The van der Waals surface area contributed by atoms with E-state index in [0.29, 0.717) is 23.1 Å². The molecule has 0 spiro atoms. The van der Waals surface area contributed by atoms with Crippen LogP contribution < -0.4 is 4.90 Å². The van der Waals surface area contributed by atoms with Gasteiger partial charge in [0.2, 0.25) is 5.91 Å². The zero-order valence-electron chi connectivity index (χ0n) is 20.2. The maximum absolute atomic E-state index is 13.2. The molecule has 3 fully saturated rings. The van der Waals surface area contributed by atoms with Gasteiger partial charge in [-0.2, -0.15) is 0 Å². The van der Waals surface area contributed by atoms with Crippen molar-refractivity contribution >= 4 is 46.4 Å². The number of anilines is 1. The van der Waals surface area contributed by atoms with Gasteiger partial charge in [-0.3, -0.25) is 4.79 Å². The van der Waals surface area contributed by atoms with Crippen LogP contribution in [0.1, 0.15) is 33.1 Å². The third-order valence-electron chi connectivity index (χ3n) is 6.60. The third-order valence-corrected chi connectivity index (χ3v) is 7.39. The lowest BCUT2D eigenvalue weighted by atomic mass is 10.0. The second kappa shape index (κ2) is 11.3. The van der Waals surface area contributed by atoms with E-state index in [-0.39, 0.29) is 17.6 Å². The van der Waals surface area contributed by atoms with E-state index in [1.54, 1.807) is 6.07 Å². The average molecular weight is 537 g/mol. The van der Waals surface area contributed by atoms with Crippen molar-refractivity contribution in [2.45, 2.75) is 44.8 Å². The summed E-state index contributed by atoms with van der Waals surface area (Å²) in [5.41, 5.74) is 0.810. The van der Waals surface area contributed by atoms with E-state index in [1.807, 2.05) is 47.4 Å². The number of rotatable bonds is 3. The lowest BCUT2D eigenvalue weighted by Gasteiger charge is -2.41. The summed E-state index contributed by atoms with van der Waals surface area (Å²) in [4.78, 5) is 19.7. The Labute approximate surface area is 223 Å². The number of carbonyl (C=O) groups excluding carboxylic acids is 1. The van der Waals surface area contributed by atoms with Gasteiger partial charge in [-0.1, -0.05) is 53.0 Å². The Morgan fingerprint density at radius 1 is 0.943 bits per heavy atom. The normalized spacial score (nSPS) is 22.3. The van der Waals surface area contributed by atoms with Crippen molar-refractivity contribution < 1.29 is 9.53 Å². The minimum Gasteiger partial charge on any atom is -0.478 e. The number of hydrogen-bond donors (Lipinski definition) is 0. The van der Waals surface area contributed by atoms with Crippen LogP contribution in [0.3, 0.4) is 0 Å². The van der Waals surface area contributed by atoms with Gasteiger partial charge in [-0.05, 0) is 63.4 Å². The molecule has 3 heterocycles. The monoisotopic (exact) mass is 535 g/mol. The van der Waals surface area contributed by atoms with E-state index < -0.39 is 0 Å². The first-order valence-electron chi connectivity index (χ1n) is 12.1. The summed E-state index contributed by atoms with van der Waals surface area (Å²) in [5, 5.41) is 2.09. The molecule has 0 radical (unpaired) electrons. The maximum Gasteiger partial charge on any atom is 0.245 e. The number of halogens is 3. The van der Waals surface area contributed by atoms with E-state index in [1.165, 1.54) is 0 Å². The molecule has 0 aliphatic carbocycles. The van der Waals surface area contributed by atoms with Crippen LogP contribution in [0.15, 0.2) is 60.5 Å². The molecule has 0 aromatic heterocycles. The standard InChI is InChI=1S/C21H27Cl2N3O2.C6H5Cl/c1-21(2)19(28-21)14-26-8-4-3-5-18(26)20(27)25-11-9-24(10-12-25)17-7-6-15(22)13-16(17)23;7-6-4-2-1-3-5-6/h6-7,13-14,18H,3-5,8-12H2,1-2H3;1-5H/b19-14+;. The van der Waals surface area contributed by atoms with Crippen LogP contribution in [-0.4, -0.2) is 60.1 Å². The molecule has 3 aliphatic heterocycles. The van der Waals surface area contributed by atoms with Gasteiger partial charge >= 0.3 is 0 Å². The highest BCUT2D eigenvalue weighted by atomic mass is 35.5. The Morgan fingerprint density at radius 2 is 1.63 bits per heavy atom. The fourth-order valence-corrected chi connectivity index (χ4v) is 5.16. The van der Waals surface area contributed by atoms with Crippen LogP contribution in [0.5, 0.6) is 0 Å². The highest BCUT2D eigenvalue weighted by Gasteiger charge is 2.44. The van der Waals surface area contributed by atoms with Crippen molar-refractivity contribution in [1.82, 2.24) is 9.80 Å². The number of piperidine rings is 1. The minimum atomic E-state index is -0.172. The molecule has 2 aromatic carbocycles. The highest BCUT2D eigenvalue weighted by molar-refractivity contribution is 6.36. The summed E-state index contributed by atoms with van der Waals surface area (Å²) in [5.74, 6) is 1.21. The molecule has 188 valence electrons. The van der Waals surface area contributed by atoms with Crippen LogP contribution in [0.25, 0.3) is 0 Å². The van der Waals surface area contributed by atoms with Crippen LogP contribution >= 0.6 is 34.8 Å². The number of hydrogen-bond acceptors (Lipinski definition) is 4. The number of amides is 1. The van der Waals surface area contributed by atoms with Crippen LogP contribution in [0.4, 0.5) is 5.69 Å². The number of ether oxygens (including phenoxy) is 1. The molecule has 1 unspecified atom stereocenters. The molecule has 5 rings (SSSR count). The maximum atomic E-state index is 13.2. The fourth-order valence-electron chi connectivity index (χ4n) is 4.49. The molecular formula is C27H32Cl3N3O2. The topological polar surface area (TPSA) is 39.3 Å². The molecule has 35 heavy (non-hydrogen) atoms. The number of nitrogens with zero attached hydrogens (tertiary/aromatic N) is 3. The summed E-state index contributed by atoms with van der Waals surface area (Å²) < 4.78 is 5.63. The van der Waals surface area contributed by atoms with Gasteiger partial charge in [0.05, 0.1) is 10.7 Å². The first-order chi connectivity index (χ1) is 16.7. The summed E-state index contributed by atoms with van der Waals surface area (Å²) in [7, 11) is 0. The second-order valence-electron chi connectivity index (χ2n) is 9.56. The fraction of sp³-hybridized carbons (Fsp3) is 0.444. The third kappa shape index (κ3) is 6.78. The zero-order chi connectivity index (χ0) is 25.0. The van der Waals surface area contributed by atoms with Crippen molar-refractivity contribution in [1.29, 1.82) is 0 Å². The van der Waals surface area contributed by atoms with Crippen molar-refractivity contribution in [2.24, 2.45) is 0 Å². The van der Waals surface area contributed by atoms with Crippen LogP contribution in [0, 0.1) is 0 Å². The van der Waals surface area contributed by atoms with Gasteiger partial charge < -0.3 is 19.4 Å². The highest BCUT2D eigenvalue weighted by Crippen LogP contribution is 2.40. The number of benzene rings is 2. The van der Waals surface area contributed by atoms with Crippen molar-refractivity contribution in [3.8, 4) is 0 Å². The Kier molecular flexibility index (Phi) is 8.41. The Hall–Kier alpha value is -2.08. The van der Waals surface area contributed by atoms with Gasteiger partial charge in [0.15, 0.2) is 11.4 Å². The lowest BCUT2D eigenvalue weighted by molar-refractivity contribution is -0.137. The van der Waals surface area contributed by atoms with Crippen molar-refractivity contribution in [3.05, 3.63) is 75.6 Å². The Morgan fingerprint density at radius 3 is 2.20 bits per heavy atom. The molecule has 5 nitrogen and oxygen atoms in total. The molecule has 3 aliphatic rings. The molecule has 2 aromatic rings. The molecule has 0 N–H and O–H groups in total. The predicted molar refractivity (Wildman–Crippen MR) is 144 cm³/mol. The number of piperazine rings is 1. The molecular weight excluding hydrogens is 505 g/mol. The molecule has 0 saturated carbocycles. The zero-order valence-corrected chi connectivity index (χ0v) is 22.5. The molecule has 0 bridgehead atoms. The summed E-state index contributed by atoms with van der Waals surface area (Å²) in [6, 6.07) is 14.9. The van der Waals surface area contributed by atoms with Crippen molar-refractivity contribution in [3.63, 3.8) is 0 Å². The van der Waals surface area contributed by atoms with Gasteiger partial charge in [-0.15, -0.1) is 0 Å². The molecule has 8 heteroatoms. The van der Waals surface area contributed by atoms with Crippen LogP contribution in [-0.2, 0) is 9.53 Å². The van der Waals surface area contributed by atoms with Gasteiger partial charge in [-0.25, -0.2) is 0 Å².